The summed E-state index contributed by atoms with van der Waals surface area (Å²) in [6, 6.07) is 0. The van der Waals surface area contributed by atoms with Gasteiger partial charge in [-0.1, -0.05) is 46.8 Å². The van der Waals surface area contributed by atoms with E-state index in [0.29, 0.717) is 32.1 Å². The molecule has 4 aliphatic carbocycles. The molecule has 17 heteroatoms. The van der Waals surface area contributed by atoms with E-state index in [1.165, 1.54) is 0 Å². The summed E-state index contributed by atoms with van der Waals surface area (Å²) in [5, 5.41) is 87.6. The molecule has 0 radical (unpaired) electrons. The maximum atomic E-state index is 12.8. The van der Waals surface area contributed by atoms with E-state index in [-0.39, 0.29) is 48.7 Å². The topological polar surface area (TPSA) is 262 Å². The molecule has 6 aliphatic rings. The Kier molecular flexibility index (Phi) is 12.4. The van der Waals surface area contributed by atoms with Crippen molar-refractivity contribution in [2.24, 2.45) is 46.3 Å². The van der Waals surface area contributed by atoms with Crippen LogP contribution in [-0.2, 0) is 33.5 Å². The van der Waals surface area contributed by atoms with Gasteiger partial charge in [-0.05, 0) is 78.9 Å². The highest BCUT2D eigenvalue weighted by Crippen LogP contribution is 2.70. The van der Waals surface area contributed by atoms with E-state index < -0.39 is 107 Å². The molecule has 0 bridgehead atoms. The Morgan fingerprint density at radius 2 is 1.43 bits per heavy atom. The quantitative estimate of drug-likeness (QED) is 0.0803. The van der Waals surface area contributed by atoms with Gasteiger partial charge < -0.3 is 59.8 Å². The second-order valence-electron chi connectivity index (χ2n) is 18.0. The second kappa shape index (κ2) is 15.7. The SMILES string of the molecule is CC(C)[C@H](/C=C/[C@@H](C)[C@H]1C[C@@H](O)[C@@H]2[C@]1(C)CC[C@@H]1[C@@]3(C)CC[C@H](O[C@@H]4OC[C@@H](O)[C@H](O)[C@H]4O)C[C@@H]3[C@@H](O)C[C@]12O)O[C@@H]1OC[C@@H](O)[C@H](OS(=O)(=O)O)[C@H]1O. The average molecular weight is 795 g/mol. The van der Waals surface area contributed by atoms with Crippen molar-refractivity contribution in [2.45, 2.75) is 159 Å². The summed E-state index contributed by atoms with van der Waals surface area (Å²) in [4.78, 5) is 0. The van der Waals surface area contributed by atoms with E-state index in [0.717, 1.165) is 6.42 Å². The highest BCUT2D eigenvalue weighted by Gasteiger charge is 2.71. The van der Waals surface area contributed by atoms with Crippen LogP contribution in [0.1, 0.15) is 79.6 Å². The Hall–Kier alpha value is -0.870. The fourth-order valence-electron chi connectivity index (χ4n) is 11.7. The van der Waals surface area contributed by atoms with Gasteiger partial charge >= 0.3 is 10.4 Å². The standard InChI is InChI=1S/C37H62O16S/c1-17(2)26(52-34-30(44)31(25(41)16-50-34)53-54(46,47)48)7-6-18(3)20-13-22(38)32-36(20,5)11-9-27-35(4)10-8-19(12-21(35)23(39)14-37(27,32)45)51-33-29(43)28(42)24(40)15-49-33/h6-7,17-34,38-45H,8-16H2,1-5H3,(H,46,47,48)/b7-6+/t18-,19+,20-,21-,22-,23+,24-,25-,26+,27-,28+,29-,30-,31+,32-,33+,34+,35+,36-,37+/m1/s1. The minimum atomic E-state index is -4.97. The van der Waals surface area contributed by atoms with Gasteiger partial charge in [-0.2, -0.15) is 8.42 Å². The van der Waals surface area contributed by atoms with Crippen molar-refractivity contribution in [3.8, 4) is 0 Å². The summed E-state index contributed by atoms with van der Waals surface area (Å²) >= 11 is 0. The van der Waals surface area contributed by atoms with E-state index in [1.807, 2.05) is 32.9 Å². The minimum absolute atomic E-state index is 0.0339. The predicted octanol–water partition coefficient (Wildman–Crippen LogP) is 0.0256. The Labute approximate surface area is 317 Å². The molecule has 2 aliphatic heterocycles. The van der Waals surface area contributed by atoms with Gasteiger partial charge in [0.15, 0.2) is 12.6 Å². The van der Waals surface area contributed by atoms with Gasteiger partial charge in [0, 0.05) is 12.3 Å². The van der Waals surface area contributed by atoms with Crippen molar-refractivity contribution < 1.29 is 77.0 Å². The number of hydrogen-bond donors (Lipinski definition) is 9. The first-order chi connectivity index (χ1) is 25.1. The Morgan fingerprint density at radius 1 is 0.778 bits per heavy atom. The van der Waals surface area contributed by atoms with E-state index in [9.17, 15) is 49.3 Å². The van der Waals surface area contributed by atoms with E-state index >= 15 is 0 Å². The van der Waals surface area contributed by atoms with Gasteiger partial charge in [0.2, 0.25) is 0 Å². The van der Waals surface area contributed by atoms with Crippen molar-refractivity contribution >= 4 is 10.4 Å². The van der Waals surface area contributed by atoms with Crippen molar-refractivity contribution in [1.29, 1.82) is 0 Å². The summed E-state index contributed by atoms with van der Waals surface area (Å²) in [6.45, 7) is 9.54. The van der Waals surface area contributed by atoms with Gasteiger partial charge in [-0.3, -0.25) is 4.55 Å². The largest absolute Gasteiger partial charge is 0.397 e. The van der Waals surface area contributed by atoms with Crippen molar-refractivity contribution in [3.05, 3.63) is 12.2 Å². The van der Waals surface area contributed by atoms with Crippen molar-refractivity contribution in [2.75, 3.05) is 13.2 Å². The van der Waals surface area contributed by atoms with Crippen molar-refractivity contribution in [1.82, 2.24) is 0 Å². The number of aliphatic hydroxyl groups is 8. The van der Waals surface area contributed by atoms with Crippen LogP contribution in [0, 0.1) is 46.3 Å². The van der Waals surface area contributed by atoms with Crippen LogP contribution < -0.4 is 0 Å². The van der Waals surface area contributed by atoms with Crippen LogP contribution in [0.4, 0.5) is 0 Å². The lowest BCUT2D eigenvalue weighted by molar-refractivity contribution is -0.300. The summed E-state index contributed by atoms with van der Waals surface area (Å²) in [7, 11) is -4.97. The zero-order valence-electron chi connectivity index (χ0n) is 31.7. The van der Waals surface area contributed by atoms with Crippen LogP contribution >= 0.6 is 0 Å². The molecular weight excluding hydrogens is 732 g/mol. The van der Waals surface area contributed by atoms with Gasteiger partial charge in [-0.15, -0.1) is 0 Å². The minimum Gasteiger partial charge on any atom is -0.393 e. The molecule has 0 amide bonds. The fourth-order valence-corrected chi connectivity index (χ4v) is 12.2. The van der Waals surface area contributed by atoms with Gasteiger partial charge in [0.25, 0.3) is 0 Å². The first-order valence-corrected chi connectivity index (χ1v) is 20.8. The Morgan fingerprint density at radius 3 is 2.09 bits per heavy atom. The molecule has 0 aromatic rings. The molecule has 0 aromatic carbocycles. The molecule has 0 spiro atoms. The molecular formula is C37H62O16S. The Bertz CT molecular complexity index is 1450. The molecule has 16 nitrogen and oxygen atoms in total. The highest BCUT2D eigenvalue weighted by atomic mass is 32.3. The van der Waals surface area contributed by atoms with Crippen LogP contribution in [0.25, 0.3) is 0 Å². The third-order valence-corrected chi connectivity index (χ3v) is 14.8. The first kappa shape index (κ1) is 42.7. The molecule has 4 saturated carbocycles. The molecule has 0 aromatic heterocycles. The highest BCUT2D eigenvalue weighted by molar-refractivity contribution is 7.80. The number of ether oxygens (including phenoxy) is 4. The molecule has 9 N–H and O–H groups in total. The molecule has 54 heavy (non-hydrogen) atoms. The Balaban J connectivity index is 1.14. The maximum absolute atomic E-state index is 12.8. The monoisotopic (exact) mass is 794 g/mol. The lowest BCUT2D eigenvalue weighted by Gasteiger charge is -2.66. The van der Waals surface area contributed by atoms with Crippen molar-refractivity contribution in [3.63, 3.8) is 0 Å². The maximum Gasteiger partial charge on any atom is 0.397 e. The smallest absolute Gasteiger partial charge is 0.393 e. The molecule has 2 saturated heterocycles. The van der Waals surface area contributed by atoms with Gasteiger partial charge in [-0.25, -0.2) is 4.18 Å². The summed E-state index contributed by atoms with van der Waals surface area (Å²) < 4.78 is 59.4. The predicted molar refractivity (Wildman–Crippen MR) is 188 cm³/mol. The molecule has 2 heterocycles. The molecule has 0 unspecified atom stereocenters. The number of rotatable bonds is 10. The lowest BCUT2D eigenvalue weighted by Crippen LogP contribution is -2.68. The molecule has 312 valence electrons. The second-order valence-corrected chi connectivity index (χ2v) is 19.0. The summed E-state index contributed by atoms with van der Waals surface area (Å²) in [5.74, 6) is -1.12. The normalized spacial score (nSPS) is 51.1. The molecule has 6 rings (SSSR count). The summed E-state index contributed by atoms with van der Waals surface area (Å²) in [5.41, 5.74) is -2.24. The first-order valence-electron chi connectivity index (χ1n) is 19.5. The van der Waals surface area contributed by atoms with E-state index in [2.05, 4.69) is 18.0 Å². The molecule has 20 atom stereocenters. The van der Waals surface area contributed by atoms with Crippen LogP contribution in [0.5, 0.6) is 0 Å². The fraction of sp³-hybridized carbons (Fsp3) is 0.946. The van der Waals surface area contributed by atoms with Crippen LogP contribution in [0.2, 0.25) is 0 Å². The molecule has 6 fully saturated rings. The third-order valence-electron chi connectivity index (χ3n) is 14.3. The number of fused-ring (bicyclic) bond motifs is 5. The number of allylic oxidation sites excluding steroid dienone is 1. The zero-order chi connectivity index (χ0) is 39.7. The van der Waals surface area contributed by atoms with Crippen LogP contribution in [0.15, 0.2) is 12.2 Å². The van der Waals surface area contributed by atoms with Crippen LogP contribution in [0.3, 0.4) is 0 Å². The number of aliphatic hydroxyl groups excluding tert-OH is 7. The third kappa shape index (κ3) is 7.83. The summed E-state index contributed by atoms with van der Waals surface area (Å²) in [6.07, 6.45) is -6.50. The van der Waals surface area contributed by atoms with E-state index in [4.69, 9.17) is 23.5 Å². The van der Waals surface area contributed by atoms with E-state index in [1.54, 1.807) is 0 Å². The van der Waals surface area contributed by atoms with Crippen LogP contribution in [-0.4, -0.2) is 146 Å². The van der Waals surface area contributed by atoms with Gasteiger partial charge in [0.1, 0.15) is 36.6 Å². The van der Waals surface area contributed by atoms with Gasteiger partial charge in [0.05, 0.1) is 43.2 Å². The lowest BCUT2D eigenvalue weighted by atomic mass is 9.42. The number of hydrogen-bond acceptors (Lipinski definition) is 15. The zero-order valence-corrected chi connectivity index (χ0v) is 32.5. The average Bonchev–Trinajstić information content (AvgIpc) is 3.36.